The lowest BCUT2D eigenvalue weighted by Gasteiger charge is -2.34. The SMILES string of the molecule is COC1=C(OC)CC(C(C#N)(CCCN(C)CCc2ccc(OC)c(OC)c2)C(C)C)=CC=C1. The molecule has 6 nitrogen and oxygen atoms in total. The summed E-state index contributed by atoms with van der Waals surface area (Å²) < 4.78 is 21.8. The molecule has 2 rings (SSSR count). The number of hydrogen-bond acceptors (Lipinski definition) is 6. The molecule has 0 aliphatic heterocycles. The Hall–Kier alpha value is -2.91. The van der Waals surface area contributed by atoms with Gasteiger partial charge in [0.25, 0.3) is 0 Å². The largest absolute Gasteiger partial charge is 0.497 e. The zero-order valence-electron chi connectivity index (χ0n) is 21.8. The van der Waals surface area contributed by atoms with Crippen LogP contribution in [0.4, 0.5) is 0 Å². The topological polar surface area (TPSA) is 64.0 Å². The lowest BCUT2D eigenvalue weighted by molar-refractivity contribution is 0.215. The molecule has 34 heavy (non-hydrogen) atoms. The van der Waals surface area contributed by atoms with Gasteiger partial charge < -0.3 is 23.8 Å². The number of nitriles is 1. The van der Waals surface area contributed by atoms with Crippen molar-refractivity contribution < 1.29 is 18.9 Å². The lowest BCUT2D eigenvalue weighted by atomic mass is 9.68. The minimum atomic E-state index is -0.554. The highest BCUT2D eigenvalue weighted by atomic mass is 16.5. The van der Waals surface area contributed by atoms with E-state index in [1.54, 1.807) is 28.4 Å². The van der Waals surface area contributed by atoms with Crippen LogP contribution in [0.3, 0.4) is 0 Å². The van der Waals surface area contributed by atoms with Gasteiger partial charge in [-0.3, -0.25) is 0 Å². The van der Waals surface area contributed by atoms with Crippen molar-refractivity contribution >= 4 is 0 Å². The minimum absolute atomic E-state index is 0.177. The zero-order valence-corrected chi connectivity index (χ0v) is 21.8. The molecule has 1 aliphatic carbocycles. The monoisotopic (exact) mass is 468 g/mol. The maximum Gasteiger partial charge on any atom is 0.160 e. The molecule has 186 valence electrons. The molecule has 1 aromatic carbocycles. The molecule has 0 amide bonds. The first-order valence-corrected chi connectivity index (χ1v) is 11.8. The van der Waals surface area contributed by atoms with Crippen LogP contribution in [-0.2, 0) is 15.9 Å². The van der Waals surface area contributed by atoms with Gasteiger partial charge in [0.05, 0.1) is 39.9 Å². The first-order chi connectivity index (χ1) is 16.3. The van der Waals surface area contributed by atoms with Crippen molar-refractivity contribution in [2.24, 2.45) is 11.3 Å². The molecular formula is C28H40N2O4. The van der Waals surface area contributed by atoms with Crippen molar-refractivity contribution in [2.75, 3.05) is 48.6 Å². The van der Waals surface area contributed by atoms with Crippen molar-refractivity contribution in [3.05, 3.63) is 59.1 Å². The fourth-order valence-electron chi connectivity index (χ4n) is 4.50. The third-order valence-corrected chi connectivity index (χ3v) is 6.74. The van der Waals surface area contributed by atoms with Gasteiger partial charge in [0.15, 0.2) is 17.3 Å². The van der Waals surface area contributed by atoms with Crippen molar-refractivity contribution in [3.63, 3.8) is 0 Å². The summed E-state index contributed by atoms with van der Waals surface area (Å²) in [6.45, 7) is 6.11. The number of benzene rings is 1. The molecule has 0 aromatic heterocycles. The first-order valence-electron chi connectivity index (χ1n) is 11.8. The van der Waals surface area contributed by atoms with E-state index in [1.807, 2.05) is 24.3 Å². The Kier molecular flexibility index (Phi) is 10.5. The maximum atomic E-state index is 10.3. The lowest BCUT2D eigenvalue weighted by Crippen LogP contribution is -2.31. The second-order valence-electron chi connectivity index (χ2n) is 9.01. The summed E-state index contributed by atoms with van der Waals surface area (Å²) in [5.41, 5.74) is 1.74. The highest BCUT2D eigenvalue weighted by Gasteiger charge is 2.38. The van der Waals surface area contributed by atoms with E-state index in [1.165, 1.54) is 5.56 Å². The molecule has 1 unspecified atom stereocenters. The van der Waals surface area contributed by atoms with Gasteiger partial charge in [-0.25, -0.2) is 0 Å². The molecule has 1 aromatic rings. The molecule has 6 heteroatoms. The van der Waals surface area contributed by atoms with Crippen molar-refractivity contribution in [1.82, 2.24) is 4.90 Å². The van der Waals surface area contributed by atoms with Gasteiger partial charge in [0.1, 0.15) is 5.76 Å². The number of ether oxygens (including phenoxy) is 4. The van der Waals surface area contributed by atoms with Crippen LogP contribution < -0.4 is 9.47 Å². The van der Waals surface area contributed by atoms with Crippen LogP contribution in [-0.4, -0.2) is 53.5 Å². The maximum absolute atomic E-state index is 10.3. The molecule has 0 N–H and O–H groups in total. The summed E-state index contributed by atoms with van der Waals surface area (Å²) in [6, 6.07) is 8.74. The van der Waals surface area contributed by atoms with Gasteiger partial charge >= 0.3 is 0 Å². The van der Waals surface area contributed by atoms with E-state index in [-0.39, 0.29) is 5.92 Å². The summed E-state index contributed by atoms with van der Waals surface area (Å²) in [5.74, 6) is 3.14. The second-order valence-corrected chi connectivity index (χ2v) is 9.01. The van der Waals surface area contributed by atoms with Crippen LogP contribution >= 0.6 is 0 Å². The Balaban J connectivity index is 2.02. The van der Waals surface area contributed by atoms with E-state index in [4.69, 9.17) is 18.9 Å². The Morgan fingerprint density at radius 1 is 1.03 bits per heavy atom. The van der Waals surface area contributed by atoms with Gasteiger partial charge in [-0.15, -0.1) is 0 Å². The number of allylic oxidation sites excluding steroid dienone is 4. The minimum Gasteiger partial charge on any atom is -0.497 e. The average molecular weight is 469 g/mol. The molecule has 0 fully saturated rings. The van der Waals surface area contributed by atoms with E-state index < -0.39 is 5.41 Å². The molecule has 1 atom stereocenters. The zero-order chi connectivity index (χ0) is 25.1. The quantitative estimate of drug-likeness (QED) is 0.380. The van der Waals surface area contributed by atoms with Gasteiger partial charge in [-0.1, -0.05) is 32.1 Å². The number of methoxy groups -OCH3 is 4. The van der Waals surface area contributed by atoms with Crippen LogP contribution in [0.1, 0.15) is 38.7 Å². The molecule has 0 saturated carbocycles. The van der Waals surface area contributed by atoms with Crippen LogP contribution in [0.2, 0.25) is 0 Å². The highest BCUT2D eigenvalue weighted by molar-refractivity contribution is 5.43. The van der Waals surface area contributed by atoms with Gasteiger partial charge in [0, 0.05) is 13.0 Å². The summed E-state index contributed by atoms with van der Waals surface area (Å²) >= 11 is 0. The predicted octanol–water partition coefficient (Wildman–Crippen LogP) is 5.51. The molecule has 0 heterocycles. The summed E-state index contributed by atoms with van der Waals surface area (Å²) in [7, 11) is 8.73. The normalized spacial score (nSPS) is 15.5. The fourth-order valence-corrected chi connectivity index (χ4v) is 4.50. The molecule has 0 radical (unpaired) electrons. The summed E-state index contributed by atoms with van der Waals surface area (Å²) in [6.07, 6.45) is 9.14. The third-order valence-electron chi connectivity index (χ3n) is 6.74. The van der Waals surface area contributed by atoms with Crippen LogP contribution in [0.15, 0.2) is 53.5 Å². The molecular weight excluding hydrogens is 428 g/mol. The predicted molar refractivity (Wildman–Crippen MR) is 136 cm³/mol. The third kappa shape index (κ3) is 6.57. The molecule has 0 bridgehead atoms. The number of likely N-dealkylation sites (N-methyl/N-ethyl adjacent to an activating group) is 1. The summed E-state index contributed by atoms with van der Waals surface area (Å²) in [4.78, 5) is 2.32. The Morgan fingerprint density at radius 3 is 2.35 bits per heavy atom. The second kappa shape index (κ2) is 13.1. The molecule has 0 saturated heterocycles. The van der Waals surface area contributed by atoms with Crippen molar-refractivity contribution in [3.8, 4) is 17.6 Å². The highest BCUT2D eigenvalue weighted by Crippen LogP contribution is 2.44. The summed E-state index contributed by atoms with van der Waals surface area (Å²) in [5, 5.41) is 10.3. The van der Waals surface area contributed by atoms with Gasteiger partial charge in [0.2, 0.25) is 0 Å². The average Bonchev–Trinajstić information content (AvgIpc) is 3.07. The van der Waals surface area contributed by atoms with E-state index in [2.05, 4.69) is 44.0 Å². The van der Waals surface area contributed by atoms with Gasteiger partial charge in [-0.2, -0.15) is 5.26 Å². The number of nitrogens with zero attached hydrogens (tertiary/aromatic N) is 2. The fraction of sp³-hybridized carbons (Fsp3) is 0.536. The van der Waals surface area contributed by atoms with Crippen LogP contribution in [0.5, 0.6) is 11.5 Å². The van der Waals surface area contributed by atoms with Crippen LogP contribution in [0, 0.1) is 22.7 Å². The Morgan fingerprint density at radius 2 is 1.76 bits per heavy atom. The van der Waals surface area contributed by atoms with Gasteiger partial charge in [-0.05, 0) is 68.1 Å². The molecule has 1 aliphatic rings. The first kappa shape index (κ1) is 27.3. The number of hydrogen-bond donors (Lipinski definition) is 0. The Labute approximate surface area is 205 Å². The van der Waals surface area contributed by atoms with E-state index in [9.17, 15) is 5.26 Å². The number of rotatable bonds is 13. The molecule has 0 spiro atoms. The van der Waals surface area contributed by atoms with E-state index >= 15 is 0 Å². The van der Waals surface area contributed by atoms with E-state index in [0.29, 0.717) is 12.2 Å². The van der Waals surface area contributed by atoms with Crippen molar-refractivity contribution in [2.45, 2.75) is 39.5 Å². The Bertz CT molecular complexity index is 942. The van der Waals surface area contributed by atoms with Crippen LogP contribution in [0.25, 0.3) is 0 Å². The van der Waals surface area contributed by atoms with Crippen molar-refractivity contribution in [1.29, 1.82) is 5.26 Å². The van der Waals surface area contributed by atoms with E-state index in [0.717, 1.165) is 55.2 Å². The smallest absolute Gasteiger partial charge is 0.160 e. The standard InChI is InChI=1S/C28H40N2O4/c1-21(2)28(20-29,23-10-8-11-24(31-4)27(19-23)34-7)15-9-16-30(3)17-14-22-12-13-25(32-5)26(18-22)33-6/h8,10-13,18,21H,9,14-17,19H2,1-7H3.